The molecule has 0 bridgehead atoms. The van der Waals surface area contributed by atoms with E-state index in [1.54, 1.807) is 0 Å². The van der Waals surface area contributed by atoms with Crippen LogP contribution < -0.4 is 9.80 Å². The Kier molecular flexibility index (Phi) is 11.5. The van der Waals surface area contributed by atoms with Gasteiger partial charge in [-0.05, 0) is 153 Å². The lowest BCUT2D eigenvalue weighted by Gasteiger charge is -2.33. The highest BCUT2D eigenvalue weighted by Gasteiger charge is 2.25. The summed E-state index contributed by atoms with van der Waals surface area (Å²) in [4.78, 5) is 9.93. The van der Waals surface area contributed by atoms with Crippen LogP contribution in [0.1, 0.15) is 84.6 Å². The van der Waals surface area contributed by atoms with Crippen molar-refractivity contribution in [3.05, 3.63) is 174 Å². The molecular formula is C56H65N3S. The third-order valence-electron chi connectivity index (χ3n) is 11.5. The maximum atomic E-state index is 3.65. The molecule has 0 saturated heterocycles. The number of H-pyrrole nitrogens is 1. The lowest BCUT2D eigenvalue weighted by molar-refractivity contribution is 0.590. The zero-order valence-electron chi connectivity index (χ0n) is 38.2. The van der Waals surface area contributed by atoms with Gasteiger partial charge in [0.2, 0.25) is 0 Å². The van der Waals surface area contributed by atoms with Gasteiger partial charge in [0, 0.05) is 40.2 Å². The zero-order chi connectivity index (χ0) is 43.2. The highest BCUT2D eigenvalue weighted by molar-refractivity contribution is 8.32. The third kappa shape index (κ3) is 9.30. The standard InChI is InChI=1S/C56H65N3S/c1-39-32-47(58(45-27-29-50(30-28-45)60(11,12)13)49-37-52(57-38-49)41-22-24-42(25-23-41)54(2,3)4)36-48(33-39)59(46-21-17-20-43(34-46)55(5,6)7)53-31-26-44(56(8,9)10)35-51(53)40-18-15-14-16-19-40/h14-38,57H,1-13H3. The molecule has 7 rings (SSSR count). The Labute approximate surface area is 362 Å². The largest absolute Gasteiger partial charge is 0.359 e. The number of aromatic amines is 1. The molecular weight excluding hydrogens is 747 g/mol. The number of hydrogen-bond donors (Lipinski definition) is 1. The average molecular weight is 812 g/mol. The molecule has 0 amide bonds. The van der Waals surface area contributed by atoms with E-state index < -0.39 is 10.0 Å². The van der Waals surface area contributed by atoms with Crippen molar-refractivity contribution in [1.82, 2.24) is 4.98 Å². The summed E-state index contributed by atoms with van der Waals surface area (Å²) in [5.41, 5.74) is 16.5. The van der Waals surface area contributed by atoms with E-state index in [0.29, 0.717) is 0 Å². The van der Waals surface area contributed by atoms with Gasteiger partial charge in [0.15, 0.2) is 0 Å². The van der Waals surface area contributed by atoms with E-state index in [9.17, 15) is 0 Å². The van der Waals surface area contributed by atoms with Crippen LogP contribution in [0, 0.1) is 6.92 Å². The zero-order valence-corrected chi connectivity index (χ0v) is 39.1. The molecule has 4 heteroatoms. The van der Waals surface area contributed by atoms with Gasteiger partial charge in [-0.15, -0.1) is 0 Å². The summed E-state index contributed by atoms with van der Waals surface area (Å²) < 4.78 is 0. The van der Waals surface area contributed by atoms with Gasteiger partial charge < -0.3 is 14.8 Å². The number of benzene rings is 6. The van der Waals surface area contributed by atoms with Crippen LogP contribution in [0.25, 0.3) is 22.4 Å². The summed E-state index contributed by atoms with van der Waals surface area (Å²) in [7, 11) is -0.892. The normalized spacial score (nSPS) is 12.7. The number of aryl methyl sites for hydroxylation is 1. The van der Waals surface area contributed by atoms with Crippen LogP contribution >= 0.6 is 10.0 Å². The average Bonchev–Trinajstić information content (AvgIpc) is 3.67. The summed E-state index contributed by atoms with van der Waals surface area (Å²) in [5, 5.41) is 0. The maximum absolute atomic E-state index is 3.65. The van der Waals surface area contributed by atoms with Crippen LogP contribution in [0.15, 0.2) is 157 Å². The van der Waals surface area contributed by atoms with E-state index in [1.807, 2.05) is 0 Å². The second-order valence-electron chi connectivity index (χ2n) is 20.3. The minimum absolute atomic E-state index is 0.00980. The molecule has 0 atom stereocenters. The fourth-order valence-corrected chi connectivity index (χ4v) is 8.82. The number of nitrogens with zero attached hydrogens (tertiary/aromatic N) is 2. The molecule has 1 heterocycles. The highest BCUT2D eigenvalue weighted by Crippen LogP contribution is 2.48. The molecule has 6 aromatic carbocycles. The molecule has 0 aliphatic heterocycles. The molecule has 310 valence electrons. The quantitative estimate of drug-likeness (QED) is 0.157. The summed E-state index contributed by atoms with van der Waals surface area (Å²) in [5.74, 6) is 0. The monoisotopic (exact) mass is 811 g/mol. The fraction of sp³-hybridized carbons (Fsp3) is 0.286. The summed E-state index contributed by atoms with van der Waals surface area (Å²) in [6.45, 7) is 22.8. The van der Waals surface area contributed by atoms with E-state index in [0.717, 1.165) is 39.8 Å². The first-order valence-electron chi connectivity index (χ1n) is 21.3. The number of hydrogen-bond acceptors (Lipinski definition) is 2. The minimum atomic E-state index is -0.892. The summed E-state index contributed by atoms with van der Waals surface area (Å²) in [6.07, 6.45) is 9.23. The van der Waals surface area contributed by atoms with Crippen LogP contribution in [0.2, 0.25) is 0 Å². The summed E-state index contributed by atoms with van der Waals surface area (Å²) in [6, 6.07) is 54.6. The van der Waals surface area contributed by atoms with Gasteiger partial charge in [-0.25, -0.2) is 10.0 Å². The van der Waals surface area contributed by atoms with Crippen molar-refractivity contribution in [1.29, 1.82) is 0 Å². The molecule has 0 spiro atoms. The van der Waals surface area contributed by atoms with Crippen molar-refractivity contribution in [3.63, 3.8) is 0 Å². The predicted octanol–water partition coefficient (Wildman–Crippen LogP) is 16.5. The second-order valence-corrected chi connectivity index (χ2v) is 24.4. The molecule has 0 fully saturated rings. The van der Waals surface area contributed by atoms with Crippen molar-refractivity contribution in [3.8, 4) is 22.4 Å². The lowest BCUT2D eigenvalue weighted by atomic mass is 9.84. The molecule has 0 saturated carbocycles. The molecule has 0 unspecified atom stereocenters. The van der Waals surface area contributed by atoms with Crippen molar-refractivity contribution >= 4 is 44.2 Å². The SMILES string of the molecule is Cc1cc(N(c2ccc(S(C)(C)C)cc2)c2c[nH]c(-c3ccc(C(C)(C)C)cc3)c2)cc(N(c2cccc(C(C)(C)C)c2)c2ccc(C(C)(C)C)cc2-c2ccccc2)c1. The van der Waals surface area contributed by atoms with E-state index >= 15 is 0 Å². The van der Waals surface area contributed by atoms with Gasteiger partial charge in [0.25, 0.3) is 0 Å². The summed E-state index contributed by atoms with van der Waals surface area (Å²) >= 11 is 0. The van der Waals surface area contributed by atoms with Crippen LogP contribution in [0.3, 0.4) is 0 Å². The number of nitrogens with one attached hydrogen (secondary N) is 1. The van der Waals surface area contributed by atoms with Crippen molar-refractivity contribution < 1.29 is 0 Å². The molecule has 0 aliphatic carbocycles. The van der Waals surface area contributed by atoms with Crippen LogP contribution in [0.5, 0.6) is 0 Å². The van der Waals surface area contributed by atoms with E-state index in [4.69, 9.17) is 0 Å². The molecule has 3 nitrogen and oxygen atoms in total. The first-order valence-corrected chi connectivity index (χ1v) is 24.1. The topological polar surface area (TPSA) is 22.3 Å². The third-order valence-corrected chi connectivity index (χ3v) is 13.2. The minimum Gasteiger partial charge on any atom is -0.359 e. The van der Waals surface area contributed by atoms with Crippen molar-refractivity contribution in [2.45, 2.75) is 90.4 Å². The Hall–Kier alpha value is -5.45. The van der Waals surface area contributed by atoms with Crippen molar-refractivity contribution in [2.75, 3.05) is 28.6 Å². The van der Waals surface area contributed by atoms with Crippen LogP contribution in [0.4, 0.5) is 34.1 Å². The molecule has 0 radical (unpaired) electrons. The Morgan fingerprint density at radius 1 is 0.433 bits per heavy atom. The first kappa shape index (κ1) is 42.7. The fourth-order valence-electron chi connectivity index (χ4n) is 7.87. The lowest BCUT2D eigenvalue weighted by Crippen LogP contribution is -2.17. The molecule has 1 N–H and O–H groups in total. The van der Waals surface area contributed by atoms with Gasteiger partial charge in [-0.3, -0.25) is 0 Å². The van der Waals surface area contributed by atoms with E-state index in [1.165, 1.54) is 43.8 Å². The number of anilines is 6. The molecule has 7 aromatic rings. The molecule has 60 heavy (non-hydrogen) atoms. The Bertz CT molecular complexity index is 2570. The second kappa shape index (κ2) is 16.2. The van der Waals surface area contributed by atoms with Crippen LogP contribution in [-0.2, 0) is 16.2 Å². The maximum Gasteiger partial charge on any atom is 0.0642 e. The van der Waals surface area contributed by atoms with Gasteiger partial charge in [0.05, 0.1) is 11.4 Å². The smallest absolute Gasteiger partial charge is 0.0642 e. The van der Waals surface area contributed by atoms with E-state index in [-0.39, 0.29) is 16.2 Å². The Morgan fingerprint density at radius 2 is 1.02 bits per heavy atom. The molecule has 0 aliphatic rings. The highest BCUT2D eigenvalue weighted by atomic mass is 32.3. The first-order chi connectivity index (χ1) is 28.2. The number of aromatic nitrogens is 1. The van der Waals surface area contributed by atoms with E-state index in [2.05, 4.69) is 255 Å². The van der Waals surface area contributed by atoms with Crippen molar-refractivity contribution in [2.24, 2.45) is 0 Å². The van der Waals surface area contributed by atoms with Gasteiger partial charge >= 0.3 is 0 Å². The van der Waals surface area contributed by atoms with Gasteiger partial charge in [-0.2, -0.15) is 0 Å². The van der Waals surface area contributed by atoms with Gasteiger partial charge in [0.1, 0.15) is 0 Å². The van der Waals surface area contributed by atoms with Gasteiger partial charge in [-0.1, -0.05) is 135 Å². The Balaban J connectivity index is 1.45. The number of rotatable bonds is 9. The predicted molar refractivity (Wildman–Crippen MR) is 265 cm³/mol. The Morgan fingerprint density at radius 3 is 1.62 bits per heavy atom. The van der Waals surface area contributed by atoms with Crippen LogP contribution in [-0.4, -0.2) is 23.8 Å². The molecule has 1 aromatic heterocycles.